The predicted molar refractivity (Wildman–Crippen MR) is 85.8 cm³/mol. The van der Waals surface area contributed by atoms with Crippen LogP contribution < -0.4 is 5.32 Å². The number of carboxylic acid groups (broad SMARTS) is 1. The molecule has 0 fully saturated rings. The largest absolute Gasteiger partial charge is 0.480 e. The van der Waals surface area contributed by atoms with Crippen molar-refractivity contribution in [1.82, 2.24) is 5.32 Å². The molecule has 0 aliphatic carbocycles. The lowest BCUT2D eigenvalue weighted by Crippen LogP contribution is -2.46. The summed E-state index contributed by atoms with van der Waals surface area (Å²) in [5.74, 6) is -0.261. The van der Waals surface area contributed by atoms with E-state index in [1.807, 2.05) is 38.1 Å². The van der Waals surface area contributed by atoms with Gasteiger partial charge in [-0.1, -0.05) is 26.0 Å². The van der Waals surface area contributed by atoms with Crippen molar-refractivity contribution in [2.45, 2.75) is 41.4 Å². The number of carbonyl (C=O) groups excluding carboxylic acids is 1. The van der Waals surface area contributed by atoms with Gasteiger partial charge in [0.25, 0.3) is 0 Å². The van der Waals surface area contributed by atoms with Crippen molar-refractivity contribution in [2.75, 3.05) is 5.75 Å². The van der Waals surface area contributed by atoms with Crippen molar-refractivity contribution in [1.29, 1.82) is 0 Å². The summed E-state index contributed by atoms with van der Waals surface area (Å²) in [5, 5.41) is 11.6. The minimum atomic E-state index is -0.967. The van der Waals surface area contributed by atoms with Gasteiger partial charge in [-0.15, -0.1) is 23.5 Å². The molecule has 0 spiro atoms. The van der Waals surface area contributed by atoms with Gasteiger partial charge < -0.3 is 10.4 Å². The molecule has 1 amide bonds. The van der Waals surface area contributed by atoms with Crippen LogP contribution in [0.3, 0.4) is 0 Å². The molecule has 1 heterocycles. The molecule has 0 bridgehead atoms. The summed E-state index contributed by atoms with van der Waals surface area (Å²) < 4.78 is 0. The third-order valence-corrected chi connectivity index (χ3v) is 5.91. The highest BCUT2D eigenvalue weighted by Crippen LogP contribution is 2.40. The molecule has 114 valence electrons. The Hall–Kier alpha value is -1.14. The second-order valence-corrected chi connectivity index (χ2v) is 7.70. The van der Waals surface area contributed by atoms with Crippen molar-refractivity contribution < 1.29 is 14.7 Å². The van der Waals surface area contributed by atoms with E-state index >= 15 is 0 Å². The van der Waals surface area contributed by atoms with E-state index in [4.69, 9.17) is 0 Å². The Bertz CT molecular complexity index is 533. The molecule has 0 radical (unpaired) electrons. The van der Waals surface area contributed by atoms with Crippen LogP contribution in [-0.2, 0) is 9.59 Å². The number of nitrogens with one attached hydrogen (secondary N) is 1. The highest BCUT2D eigenvalue weighted by atomic mass is 32.2. The molecule has 0 saturated heterocycles. The maximum atomic E-state index is 12.3. The number of amides is 1. The fraction of sp³-hybridized carbons (Fsp3) is 0.467. The van der Waals surface area contributed by atoms with Crippen LogP contribution in [0.25, 0.3) is 0 Å². The van der Waals surface area contributed by atoms with Gasteiger partial charge in [0.15, 0.2) is 0 Å². The molecule has 2 atom stereocenters. The van der Waals surface area contributed by atoms with Crippen LogP contribution in [0, 0.1) is 5.92 Å². The van der Waals surface area contributed by atoms with E-state index < -0.39 is 12.0 Å². The number of carboxylic acids is 1. The van der Waals surface area contributed by atoms with E-state index in [0.29, 0.717) is 12.2 Å². The maximum absolute atomic E-state index is 12.3. The molecular formula is C15H19NO3S2. The quantitative estimate of drug-likeness (QED) is 0.871. The van der Waals surface area contributed by atoms with Crippen molar-refractivity contribution >= 4 is 35.4 Å². The van der Waals surface area contributed by atoms with Gasteiger partial charge in [-0.25, -0.2) is 4.79 Å². The molecule has 6 heteroatoms. The Kier molecular flexibility index (Phi) is 5.58. The minimum absolute atomic E-state index is 0.185. The Balaban J connectivity index is 1.99. The normalized spacial score (nSPS) is 18.9. The first kappa shape index (κ1) is 16.2. The average Bonchev–Trinajstić information content (AvgIpc) is 2.45. The van der Waals surface area contributed by atoms with Gasteiger partial charge in [0.2, 0.25) is 5.91 Å². The summed E-state index contributed by atoms with van der Waals surface area (Å²) in [6, 6.07) is 7.16. The summed E-state index contributed by atoms with van der Waals surface area (Å²) in [4.78, 5) is 25.8. The average molecular weight is 325 g/mol. The van der Waals surface area contributed by atoms with Crippen LogP contribution in [0.15, 0.2) is 34.1 Å². The lowest BCUT2D eigenvalue weighted by molar-refractivity contribution is -0.142. The molecule has 1 aromatic rings. The van der Waals surface area contributed by atoms with E-state index in [1.165, 1.54) is 16.7 Å². The first-order chi connectivity index (χ1) is 9.97. The number of hydrogen-bond donors (Lipinski definition) is 2. The summed E-state index contributed by atoms with van der Waals surface area (Å²) in [6.07, 6.45) is 0.447. The van der Waals surface area contributed by atoms with Crippen molar-refractivity contribution in [3.05, 3.63) is 24.3 Å². The van der Waals surface area contributed by atoms with E-state index in [0.717, 1.165) is 4.90 Å². The fourth-order valence-electron chi connectivity index (χ4n) is 2.11. The third kappa shape index (κ3) is 4.41. The van der Waals surface area contributed by atoms with Crippen molar-refractivity contribution in [3.8, 4) is 0 Å². The summed E-state index contributed by atoms with van der Waals surface area (Å²) in [7, 11) is 0. The lowest BCUT2D eigenvalue weighted by atomic mass is 10.0. The van der Waals surface area contributed by atoms with Crippen LogP contribution >= 0.6 is 23.5 Å². The summed E-state index contributed by atoms with van der Waals surface area (Å²) >= 11 is 3.16. The highest BCUT2D eigenvalue weighted by Gasteiger charge is 2.29. The zero-order valence-electron chi connectivity index (χ0n) is 12.0. The number of hydrogen-bond acceptors (Lipinski definition) is 4. The van der Waals surface area contributed by atoms with Crippen LogP contribution in [-0.4, -0.2) is 34.0 Å². The smallest absolute Gasteiger partial charge is 0.326 e. The van der Waals surface area contributed by atoms with Gasteiger partial charge >= 0.3 is 5.97 Å². The van der Waals surface area contributed by atoms with E-state index in [9.17, 15) is 14.7 Å². The summed E-state index contributed by atoms with van der Waals surface area (Å²) in [5.41, 5.74) is 0. The number of aliphatic carboxylic acids is 1. The van der Waals surface area contributed by atoms with Gasteiger partial charge in [0.05, 0.1) is 5.25 Å². The Morgan fingerprint density at radius 2 is 2.00 bits per heavy atom. The Morgan fingerprint density at radius 3 is 2.62 bits per heavy atom. The van der Waals surface area contributed by atoms with E-state index in [1.54, 1.807) is 11.8 Å². The number of rotatable bonds is 5. The number of carbonyl (C=O) groups is 2. The molecule has 21 heavy (non-hydrogen) atoms. The zero-order chi connectivity index (χ0) is 15.4. The zero-order valence-corrected chi connectivity index (χ0v) is 13.7. The second-order valence-electron chi connectivity index (χ2n) is 5.39. The van der Waals surface area contributed by atoms with Gasteiger partial charge in [-0.05, 0) is 24.5 Å². The fourth-order valence-corrected chi connectivity index (χ4v) is 4.59. The minimum Gasteiger partial charge on any atom is -0.480 e. The third-order valence-electron chi connectivity index (χ3n) is 3.12. The first-order valence-corrected chi connectivity index (χ1v) is 8.75. The Morgan fingerprint density at radius 1 is 1.33 bits per heavy atom. The molecule has 2 N–H and O–H groups in total. The van der Waals surface area contributed by atoms with Gasteiger partial charge in [0.1, 0.15) is 6.04 Å². The molecule has 1 unspecified atom stereocenters. The van der Waals surface area contributed by atoms with Crippen molar-refractivity contribution in [2.24, 2.45) is 5.92 Å². The standard InChI is InChI=1S/C15H19NO3S2/c1-9(2)7-10(15(18)19)16-14(17)13-8-20-11-5-3-4-6-12(11)21-13/h3-6,9-10,13H,7-8H2,1-2H3,(H,16,17)(H,18,19)/t10-,13?/m0/s1. The lowest BCUT2D eigenvalue weighted by Gasteiger charge is -2.24. The molecule has 2 rings (SSSR count). The van der Waals surface area contributed by atoms with Crippen LogP contribution in [0.1, 0.15) is 20.3 Å². The number of fused-ring (bicyclic) bond motifs is 1. The topological polar surface area (TPSA) is 66.4 Å². The molecule has 1 aliphatic heterocycles. The highest BCUT2D eigenvalue weighted by molar-refractivity contribution is 8.06. The SMILES string of the molecule is CC(C)C[C@H](NC(=O)C1CSc2ccccc2S1)C(=O)O. The van der Waals surface area contributed by atoms with E-state index in [-0.39, 0.29) is 17.1 Å². The molecule has 4 nitrogen and oxygen atoms in total. The van der Waals surface area contributed by atoms with Crippen molar-refractivity contribution in [3.63, 3.8) is 0 Å². The van der Waals surface area contributed by atoms with Gasteiger partial charge in [-0.3, -0.25) is 4.79 Å². The van der Waals surface area contributed by atoms with Gasteiger partial charge in [0, 0.05) is 15.5 Å². The van der Waals surface area contributed by atoms with Crippen LogP contribution in [0.5, 0.6) is 0 Å². The molecular weight excluding hydrogens is 306 g/mol. The van der Waals surface area contributed by atoms with Gasteiger partial charge in [-0.2, -0.15) is 0 Å². The molecule has 1 aliphatic rings. The second kappa shape index (κ2) is 7.22. The first-order valence-electron chi connectivity index (χ1n) is 6.89. The monoisotopic (exact) mass is 325 g/mol. The maximum Gasteiger partial charge on any atom is 0.326 e. The van der Waals surface area contributed by atoms with Crippen LogP contribution in [0.4, 0.5) is 0 Å². The predicted octanol–water partition coefficient (Wildman–Crippen LogP) is 2.87. The molecule has 1 aromatic carbocycles. The molecule has 0 aromatic heterocycles. The van der Waals surface area contributed by atoms with E-state index in [2.05, 4.69) is 5.32 Å². The summed E-state index contributed by atoms with van der Waals surface area (Å²) in [6.45, 7) is 3.90. The number of benzene rings is 1. The molecule has 0 saturated carbocycles. The Labute approximate surface area is 133 Å². The van der Waals surface area contributed by atoms with Crippen LogP contribution in [0.2, 0.25) is 0 Å². The number of thioether (sulfide) groups is 2.